The molecule has 0 unspecified atom stereocenters. The van der Waals surface area contributed by atoms with Crippen LogP contribution in [0, 0.1) is 5.82 Å². The number of hydrogen-bond acceptors (Lipinski definition) is 5. The van der Waals surface area contributed by atoms with Gasteiger partial charge in [0.15, 0.2) is 6.10 Å². The molecule has 7 nitrogen and oxygen atoms in total. The average Bonchev–Trinajstić information content (AvgIpc) is 3.18. The lowest BCUT2D eigenvalue weighted by molar-refractivity contribution is -0.123. The van der Waals surface area contributed by atoms with Gasteiger partial charge in [0.2, 0.25) is 0 Å². The van der Waals surface area contributed by atoms with Crippen molar-refractivity contribution in [2.24, 2.45) is 0 Å². The number of nitrogens with zero attached hydrogens (tertiary/aromatic N) is 3. The number of amides is 1. The number of anilines is 1. The topological polar surface area (TPSA) is 86.1 Å². The summed E-state index contributed by atoms with van der Waals surface area (Å²) in [6, 6.07) is 19.9. The Hall–Kier alpha value is -4.07. The predicted molar refractivity (Wildman–Crippen MR) is 113 cm³/mol. The third-order valence-corrected chi connectivity index (χ3v) is 4.71. The minimum absolute atomic E-state index is 0.327. The van der Waals surface area contributed by atoms with Crippen molar-refractivity contribution in [3.63, 3.8) is 0 Å². The van der Waals surface area contributed by atoms with Crippen molar-refractivity contribution >= 4 is 28.6 Å². The van der Waals surface area contributed by atoms with E-state index < -0.39 is 23.8 Å². The van der Waals surface area contributed by atoms with Gasteiger partial charge in [0, 0.05) is 5.69 Å². The molecular weight excluding hydrogens is 399 g/mol. The molecule has 0 aliphatic carbocycles. The molecular formula is C23H19FN4O3. The number of hydrogen-bond donors (Lipinski definition) is 1. The number of ether oxygens (including phenoxy) is 1. The summed E-state index contributed by atoms with van der Waals surface area (Å²) in [5.74, 6) is -1.52. The molecule has 8 heteroatoms. The van der Waals surface area contributed by atoms with Crippen LogP contribution in [-0.4, -0.2) is 33.0 Å². The van der Waals surface area contributed by atoms with Crippen LogP contribution in [0.5, 0.6) is 0 Å². The number of esters is 1. The van der Waals surface area contributed by atoms with E-state index in [4.69, 9.17) is 4.74 Å². The SMILES string of the molecule is C[C@H](OC(=O)c1ccc(Cn2nnc3ccccc32)cc1)C(=O)Nc1ccc(F)cc1. The van der Waals surface area contributed by atoms with Crippen LogP contribution >= 0.6 is 0 Å². The Morgan fingerprint density at radius 1 is 1.03 bits per heavy atom. The van der Waals surface area contributed by atoms with Crippen LogP contribution in [0.15, 0.2) is 72.8 Å². The number of benzene rings is 3. The number of rotatable bonds is 6. The average molecular weight is 418 g/mol. The highest BCUT2D eigenvalue weighted by Gasteiger charge is 2.19. The zero-order chi connectivity index (χ0) is 21.8. The fraction of sp³-hybridized carbons (Fsp3) is 0.130. The molecule has 1 amide bonds. The molecule has 3 aromatic carbocycles. The molecule has 31 heavy (non-hydrogen) atoms. The molecule has 1 aromatic heterocycles. The Labute approximate surface area is 177 Å². The van der Waals surface area contributed by atoms with Gasteiger partial charge in [0.1, 0.15) is 11.3 Å². The normalized spacial score (nSPS) is 11.8. The van der Waals surface area contributed by atoms with E-state index in [1.165, 1.54) is 31.2 Å². The van der Waals surface area contributed by atoms with E-state index in [0.29, 0.717) is 17.8 Å². The maximum absolute atomic E-state index is 13.0. The van der Waals surface area contributed by atoms with Crippen molar-refractivity contribution < 1.29 is 18.7 Å². The van der Waals surface area contributed by atoms with Gasteiger partial charge in [-0.3, -0.25) is 4.79 Å². The molecule has 1 heterocycles. The van der Waals surface area contributed by atoms with Gasteiger partial charge in [-0.15, -0.1) is 5.10 Å². The molecule has 0 saturated heterocycles. The summed E-state index contributed by atoms with van der Waals surface area (Å²) in [6.45, 7) is 1.98. The van der Waals surface area contributed by atoms with Crippen LogP contribution in [0.25, 0.3) is 11.0 Å². The molecule has 4 rings (SSSR count). The van der Waals surface area contributed by atoms with Crippen LogP contribution in [0.4, 0.5) is 10.1 Å². The summed E-state index contributed by atoms with van der Waals surface area (Å²) < 4.78 is 20.0. The molecule has 0 fully saturated rings. The molecule has 0 radical (unpaired) electrons. The second-order valence-electron chi connectivity index (χ2n) is 6.98. The van der Waals surface area contributed by atoms with Crippen LogP contribution < -0.4 is 5.32 Å². The number of para-hydroxylation sites is 1. The van der Waals surface area contributed by atoms with Crippen molar-refractivity contribution in [1.82, 2.24) is 15.0 Å². The maximum atomic E-state index is 13.0. The first kappa shape index (κ1) is 20.2. The first-order valence-corrected chi connectivity index (χ1v) is 9.64. The van der Waals surface area contributed by atoms with Gasteiger partial charge in [-0.05, 0) is 61.0 Å². The molecule has 0 aliphatic rings. The van der Waals surface area contributed by atoms with E-state index in [1.54, 1.807) is 28.9 Å². The smallest absolute Gasteiger partial charge is 0.338 e. The van der Waals surface area contributed by atoms with Crippen LogP contribution in [0.3, 0.4) is 0 Å². The number of carbonyl (C=O) groups excluding carboxylic acids is 2. The van der Waals surface area contributed by atoms with Gasteiger partial charge in [-0.1, -0.05) is 29.5 Å². The first-order chi connectivity index (χ1) is 15.0. The number of carbonyl (C=O) groups is 2. The van der Waals surface area contributed by atoms with Crippen molar-refractivity contribution in [3.8, 4) is 0 Å². The van der Waals surface area contributed by atoms with E-state index >= 15 is 0 Å². The minimum atomic E-state index is -1.02. The first-order valence-electron chi connectivity index (χ1n) is 9.64. The Morgan fingerprint density at radius 2 is 1.74 bits per heavy atom. The predicted octanol–water partition coefficient (Wildman–Crippen LogP) is 3.80. The van der Waals surface area contributed by atoms with E-state index in [2.05, 4.69) is 15.6 Å². The summed E-state index contributed by atoms with van der Waals surface area (Å²) in [7, 11) is 0. The summed E-state index contributed by atoms with van der Waals surface area (Å²) in [4.78, 5) is 24.6. The molecule has 0 spiro atoms. The quantitative estimate of drug-likeness (QED) is 0.482. The second kappa shape index (κ2) is 8.74. The monoisotopic (exact) mass is 418 g/mol. The zero-order valence-electron chi connectivity index (χ0n) is 16.7. The summed E-state index contributed by atoms with van der Waals surface area (Å²) in [5.41, 5.74) is 3.42. The van der Waals surface area contributed by atoms with Gasteiger partial charge in [-0.25, -0.2) is 13.9 Å². The van der Waals surface area contributed by atoms with E-state index in [0.717, 1.165) is 16.6 Å². The van der Waals surface area contributed by atoms with Gasteiger partial charge in [0.25, 0.3) is 5.91 Å². The number of nitrogens with one attached hydrogen (secondary N) is 1. The summed E-state index contributed by atoms with van der Waals surface area (Å²) >= 11 is 0. The third kappa shape index (κ3) is 4.75. The Balaban J connectivity index is 1.36. The van der Waals surface area contributed by atoms with E-state index in [1.807, 2.05) is 24.3 Å². The number of aromatic nitrogens is 3. The van der Waals surface area contributed by atoms with Gasteiger partial charge >= 0.3 is 5.97 Å². The zero-order valence-corrected chi connectivity index (χ0v) is 16.7. The number of halogens is 1. The fourth-order valence-electron chi connectivity index (χ4n) is 3.01. The third-order valence-electron chi connectivity index (χ3n) is 4.71. The van der Waals surface area contributed by atoms with Crippen molar-refractivity contribution in [2.45, 2.75) is 19.6 Å². The highest BCUT2D eigenvalue weighted by atomic mass is 19.1. The lowest BCUT2D eigenvalue weighted by atomic mass is 10.1. The lowest BCUT2D eigenvalue weighted by Crippen LogP contribution is -2.30. The van der Waals surface area contributed by atoms with Crippen molar-refractivity contribution in [2.75, 3.05) is 5.32 Å². The molecule has 1 N–H and O–H groups in total. The van der Waals surface area contributed by atoms with Crippen LogP contribution in [0.1, 0.15) is 22.8 Å². The van der Waals surface area contributed by atoms with Gasteiger partial charge in [0.05, 0.1) is 17.6 Å². The Bertz CT molecular complexity index is 1220. The molecule has 0 saturated carbocycles. The molecule has 0 aliphatic heterocycles. The van der Waals surface area contributed by atoms with E-state index in [-0.39, 0.29) is 0 Å². The molecule has 4 aromatic rings. The van der Waals surface area contributed by atoms with Gasteiger partial charge in [-0.2, -0.15) is 0 Å². The lowest BCUT2D eigenvalue weighted by Gasteiger charge is -2.14. The van der Waals surface area contributed by atoms with E-state index in [9.17, 15) is 14.0 Å². The largest absolute Gasteiger partial charge is 0.449 e. The standard InChI is InChI=1S/C23H19FN4O3/c1-15(22(29)25-19-12-10-18(24)11-13-19)31-23(30)17-8-6-16(7-9-17)14-28-21-5-3-2-4-20(21)26-27-28/h2-13,15H,14H2,1H3,(H,25,29)/t15-/m0/s1. The van der Waals surface area contributed by atoms with Crippen molar-refractivity contribution in [3.05, 3.63) is 89.7 Å². The summed E-state index contributed by atoms with van der Waals surface area (Å²) in [6.07, 6.45) is -1.02. The molecule has 156 valence electrons. The molecule has 1 atom stereocenters. The number of fused-ring (bicyclic) bond motifs is 1. The minimum Gasteiger partial charge on any atom is -0.449 e. The van der Waals surface area contributed by atoms with Crippen LogP contribution in [0.2, 0.25) is 0 Å². The molecule has 0 bridgehead atoms. The van der Waals surface area contributed by atoms with Gasteiger partial charge < -0.3 is 10.1 Å². The highest BCUT2D eigenvalue weighted by Crippen LogP contribution is 2.14. The second-order valence-corrected chi connectivity index (χ2v) is 6.98. The summed E-state index contributed by atoms with van der Waals surface area (Å²) in [5, 5.41) is 10.9. The highest BCUT2D eigenvalue weighted by molar-refractivity contribution is 5.97. The Morgan fingerprint density at radius 3 is 2.48 bits per heavy atom. The fourth-order valence-corrected chi connectivity index (χ4v) is 3.01. The maximum Gasteiger partial charge on any atom is 0.338 e. The van der Waals surface area contributed by atoms with Crippen LogP contribution in [-0.2, 0) is 16.1 Å². The Kier molecular flexibility index (Phi) is 5.70. The van der Waals surface area contributed by atoms with Crippen molar-refractivity contribution in [1.29, 1.82) is 0 Å².